The van der Waals surface area contributed by atoms with Gasteiger partial charge in [-0.25, -0.2) is 9.97 Å². The van der Waals surface area contributed by atoms with Crippen LogP contribution in [0.1, 0.15) is 47.0 Å². The van der Waals surface area contributed by atoms with Gasteiger partial charge in [0.2, 0.25) is 5.91 Å². The summed E-state index contributed by atoms with van der Waals surface area (Å²) in [7, 11) is 3.80. The van der Waals surface area contributed by atoms with E-state index in [4.69, 9.17) is 9.72 Å². The summed E-state index contributed by atoms with van der Waals surface area (Å²) < 4.78 is 5.32. The maximum Gasteiger partial charge on any atom is 0.227 e. The minimum atomic E-state index is 0.179. The monoisotopic (exact) mass is 394 g/mol. The lowest BCUT2D eigenvalue weighted by atomic mass is 9.95. The third-order valence-electron chi connectivity index (χ3n) is 6.10. The van der Waals surface area contributed by atoms with Gasteiger partial charge in [-0.1, -0.05) is 12.1 Å². The zero-order chi connectivity index (χ0) is 20.4. The Hall–Kier alpha value is -2.47. The zero-order valence-corrected chi connectivity index (χ0v) is 17.6. The van der Waals surface area contributed by atoms with Crippen LogP contribution in [0.5, 0.6) is 5.75 Å². The number of carbonyl (C=O) groups excluding carboxylic acids is 1. The second kappa shape index (κ2) is 8.49. The van der Waals surface area contributed by atoms with Crippen LogP contribution in [0.3, 0.4) is 0 Å². The van der Waals surface area contributed by atoms with Crippen molar-refractivity contribution in [3.63, 3.8) is 0 Å². The van der Waals surface area contributed by atoms with Gasteiger partial charge in [0.1, 0.15) is 11.6 Å². The molecule has 2 aromatic rings. The van der Waals surface area contributed by atoms with Crippen LogP contribution in [0.15, 0.2) is 24.4 Å². The van der Waals surface area contributed by atoms with Crippen molar-refractivity contribution in [2.45, 2.75) is 45.1 Å². The van der Waals surface area contributed by atoms with Crippen LogP contribution in [-0.4, -0.2) is 59.5 Å². The van der Waals surface area contributed by atoms with Gasteiger partial charge in [0.05, 0.1) is 13.5 Å². The zero-order valence-electron chi connectivity index (χ0n) is 17.6. The molecule has 0 N–H and O–H groups in total. The molecule has 1 saturated heterocycles. The molecular formula is C23H30N4O2. The van der Waals surface area contributed by atoms with Gasteiger partial charge in [-0.3, -0.25) is 4.79 Å². The van der Waals surface area contributed by atoms with Crippen LogP contribution in [0.4, 0.5) is 0 Å². The lowest BCUT2D eigenvalue weighted by Gasteiger charge is -2.33. The van der Waals surface area contributed by atoms with Gasteiger partial charge in [0.25, 0.3) is 0 Å². The molecule has 1 amide bonds. The number of likely N-dealkylation sites (N-methyl/N-ethyl adjacent to an activating group) is 1. The van der Waals surface area contributed by atoms with E-state index in [1.807, 2.05) is 36.2 Å². The Kier molecular flexibility index (Phi) is 5.81. The topological polar surface area (TPSA) is 58.6 Å². The van der Waals surface area contributed by atoms with E-state index in [-0.39, 0.29) is 11.8 Å². The predicted octanol–water partition coefficient (Wildman–Crippen LogP) is 2.73. The van der Waals surface area contributed by atoms with Crippen molar-refractivity contribution >= 4 is 5.91 Å². The average molecular weight is 395 g/mol. The smallest absolute Gasteiger partial charge is 0.227 e. The minimum absolute atomic E-state index is 0.179. The Balaban J connectivity index is 1.43. The van der Waals surface area contributed by atoms with Crippen LogP contribution in [0, 0.1) is 6.92 Å². The summed E-state index contributed by atoms with van der Waals surface area (Å²) in [6, 6.07) is 5.96. The molecule has 2 aliphatic heterocycles. The number of benzene rings is 1. The third-order valence-corrected chi connectivity index (χ3v) is 6.10. The van der Waals surface area contributed by atoms with Gasteiger partial charge < -0.3 is 14.5 Å². The number of hydrogen-bond acceptors (Lipinski definition) is 5. The van der Waals surface area contributed by atoms with E-state index < -0.39 is 0 Å². The summed E-state index contributed by atoms with van der Waals surface area (Å²) in [6.07, 6.45) is 5.45. The number of amides is 1. The molecule has 0 bridgehead atoms. The maximum absolute atomic E-state index is 12.9. The van der Waals surface area contributed by atoms with E-state index in [0.717, 1.165) is 61.6 Å². The summed E-state index contributed by atoms with van der Waals surface area (Å²) in [5.41, 5.74) is 4.51. The first-order chi connectivity index (χ1) is 14.0. The van der Waals surface area contributed by atoms with Gasteiger partial charge in [-0.05, 0) is 44.0 Å². The van der Waals surface area contributed by atoms with Crippen molar-refractivity contribution in [1.82, 2.24) is 19.8 Å². The number of ether oxygens (including phenoxy) is 1. The summed E-state index contributed by atoms with van der Waals surface area (Å²) in [5.74, 6) is 2.18. The van der Waals surface area contributed by atoms with Gasteiger partial charge in [0, 0.05) is 56.0 Å². The van der Waals surface area contributed by atoms with Crippen molar-refractivity contribution in [3.8, 4) is 5.75 Å². The number of likely N-dealkylation sites (tertiary alicyclic amines) is 1. The molecule has 0 unspecified atom stereocenters. The number of fused-ring (bicyclic) bond motifs is 1. The second-order valence-electron chi connectivity index (χ2n) is 8.35. The first-order valence-electron chi connectivity index (χ1n) is 10.5. The molecule has 1 aromatic heterocycles. The van der Waals surface area contributed by atoms with Crippen molar-refractivity contribution in [2.75, 3.05) is 33.8 Å². The summed E-state index contributed by atoms with van der Waals surface area (Å²) in [4.78, 5) is 26.8. The predicted molar refractivity (Wildman–Crippen MR) is 112 cm³/mol. The van der Waals surface area contributed by atoms with Gasteiger partial charge in [-0.2, -0.15) is 0 Å². The number of aryl methyl sites for hydroxylation is 1. The second-order valence-corrected chi connectivity index (χ2v) is 8.35. The molecule has 4 rings (SSSR count). The van der Waals surface area contributed by atoms with Crippen LogP contribution >= 0.6 is 0 Å². The molecule has 6 heteroatoms. The number of hydrogen-bond donors (Lipinski definition) is 0. The molecule has 1 fully saturated rings. The van der Waals surface area contributed by atoms with E-state index in [2.05, 4.69) is 16.9 Å². The Morgan fingerprint density at radius 3 is 2.97 bits per heavy atom. The number of aromatic nitrogens is 2. The molecule has 1 atom stereocenters. The lowest BCUT2D eigenvalue weighted by molar-refractivity contribution is -0.131. The molecule has 0 saturated carbocycles. The molecule has 0 radical (unpaired) electrons. The standard InChI is InChI=1S/C23H30N4O2/c1-16-11-17(6-7-21(16)29-3)12-22(28)27-9-4-5-18(15-27)23-24-13-19-14-26(2)10-8-20(19)25-23/h6-7,11,13,18H,4-5,8-10,12,14-15H2,1-3H3/t18-/m0/s1. The summed E-state index contributed by atoms with van der Waals surface area (Å²) >= 11 is 0. The minimum Gasteiger partial charge on any atom is -0.496 e. The average Bonchev–Trinajstić information content (AvgIpc) is 2.73. The number of nitrogens with zero attached hydrogens (tertiary/aromatic N) is 4. The van der Waals surface area contributed by atoms with Crippen LogP contribution in [-0.2, 0) is 24.2 Å². The van der Waals surface area contributed by atoms with Crippen LogP contribution in [0.2, 0.25) is 0 Å². The highest BCUT2D eigenvalue weighted by atomic mass is 16.5. The number of rotatable bonds is 4. The quantitative estimate of drug-likeness (QED) is 0.798. The number of piperidine rings is 1. The fourth-order valence-electron chi connectivity index (χ4n) is 4.42. The summed E-state index contributed by atoms with van der Waals surface area (Å²) in [6.45, 7) is 5.51. The van der Waals surface area contributed by atoms with Crippen molar-refractivity contribution < 1.29 is 9.53 Å². The first kappa shape index (κ1) is 19.8. The molecule has 1 aromatic carbocycles. The van der Waals surface area contributed by atoms with Crippen molar-refractivity contribution in [3.05, 3.63) is 52.6 Å². The first-order valence-corrected chi connectivity index (χ1v) is 10.5. The maximum atomic E-state index is 12.9. The fourth-order valence-corrected chi connectivity index (χ4v) is 4.42. The molecule has 29 heavy (non-hydrogen) atoms. The van der Waals surface area contributed by atoms with E-state index in [1.165, 1.54) is 11.3 Å². The van der Waals surface area contributed by atoms with Gasteiger partial charge >= 0.3 is 0 Å². The molecule has 0 aliphatic carbocycles. The molecule has 154 valence electrons. The third kappa shape index (κ3) is 4.42. The number of methoxy groups -OCH3 is 1. The Morgan fingerprint density at radius 1 is 1.31 bits per heavy atom. The highest BCUT2D eigenvalue weighted by Gasteiger charge is 2.27. The van der Waals surface area contributed by atoms with Crippen LogP contribution < -0.4 is 4.74 Å². The van der Waals surface area contributed by atoms with Crippen LogP contribution in [0.25, 0.3) is 0 Å². The van der Waals surface area contributed by atoms with E-state index in [1.54, 1.807) is 7.11 Å². The molecule has 2 aliphatic rings. The molecular weight excluding hydrogens is 364 g/mol. The molecule has 0 spiro atoms. The largest absolute Gasteiger partial charge is 0.496 e. The highest BCUT2D eigenvalue weighted by Crippen LogP contribution is 2.27. The molecule has 3 heterocycles. The fraction of sp³-hybridized carbons (Fsp3) is 0.522. The molecule has 6 nitrogen and oxygen atoms in total. The highest BCUT2D eigenvalue weighted by molar-refractivity contribution is 5.79. The Morgan fingerprint density at radius 2 is 2.17 bits per heavy atom. The van der Waals surface area contributed by atoms with E-state index in [9.17, 15) is 4.79 Å². The van der Waals surface area contributed by atoms with E-state index in [0.29, 0.717) is 13.0 Å². The lowest BCUT2D eigenvalue weighted by Crippen LogP contribution is -2.40. The Bertz CT molecular complexity index is 898. The Labute approximate surface area is 172 Å². The van der Waals surface area contributed by atoms with E-state index >= 15 is 0 Å². The summed E-state index contributed by atoms with van der Waals surface area (Å²) in [5, 5.41) is 0. The number of carbonyl (C=O) groups is 1. The van der Waals surface area contributed by atoms with Gasteiger partial charge in [0.15, 0.2) is 0 Å². The SMILES string of the molecule is COc1ccc(CC(=O)N2CCC[C@H](c3ncc4c(n3)CCN(C)C4)C2)cc1C. The van der Waals surface area contributed by atoms with Gasteiger partial charge in [-0.15, -0.1) is 0 Å². The van der Waals surface area contributed by atoms with Crippen molar-refractivity contribution in [2.24, 2.45) is 0 Å². The van der Waals surface area contributed by atoms with Crippen molar-refractivity contribution in [1.29, 1.82) is 0 Å². The normalized spacial score (nSPS) is 19.7.